The molecule has 1 rings (SSSR count). The Kier molecular flexibility index (Phi) is 6.10. The predicted molar refractivity (Wildman–Crippen MR) is 85.7 cm³/mol. The van der Waals surface area contributed by atoms with Crippen LogP contribution in [0, 0.1) is 32.1 Å². The van der Waals surface area contributed by atoms with Crippen LogP contribution in [0.25, 0.3) is 0 Å². The van der Waals surface area contributed by atoms with Crippen LogP contribution in [0.4, 0.5) is 5.69 Å². The molecule has 0 unspecified atom stereocenters. The Labute approximate surface area is 143 Å². The normalized spacial score (nSPS) is 11.8. The summed E-state index contributed by atoms with van der Waals surface area (Å²) in [5, 5.41) is 21.6. The van der Waals surface area contributed by atoms with Crippen LogP contribution in [0.3, 0.4) is 0 Å². The van der Waals surface area contributed by atoms with Crippen molar-refractivity contribution in [1.29, 1.82) is 0 Å². The van der Waals surface area contributed by atoms with E-state index in [9.17, 15) is 33.6 Å². The number of hydrogen-bond acceptors (Lipinski definition) is 7. The number of aryl methyl sites for hydroxylation is 1. The maximum Gasteiger partial charge on any atom is 0.472 e. The molecule has 0 aliphatic heterocycles. The molecule has 13 heteroatoms. The molecule has 0 saturated carbocycles. The molecule has 0 aliphatic rings. The summed E-state index contributed by atoms with van der Waals surface area (Å²) in [5.41, 5.74) is 0.228. The van der Waals surface area contributed by atoms with Crippen molar-refractivity contribution >= 4 is 15.7 Å². The van der Waals surface area contributed by atoms with E-state index in [0.717, 1.165) is 19.9 Å². The Hall–Kier alpha value is -2.67. The van der Waals surface area contributed by atoms with Gasteiger partial charge in [0.25, 0.3) is 5.69 Å². The van der Waals surface area contributed by atoms with Crippen LogP contribution in [-0.2, 0) is 10.0 Å². The molecule has 0 fully saturated rings. The highest BCUT2D eigenvalue weighted by atomic mass is 32.2. The van der Waals surface area contributed by atoms with Crippen LogP contribution in [0.1, 0.15) is 19.4 Å². The van der Waals surface area contributed by atoms with Crippen molar-refractivity contribution in [3.8, 4) is 0 Å². The second-order valence-corrected chi connectivity index (χ2v) is 7.32. The van der Waals surface area contributed by atoms with Gasteiger partial charge in [-0.15, -0.1) is 5.43 Å². The van der Waals surface area contributed by atoms with Crippen molar-refractivity contribution in [1.82, 2.24) is 10.1 Å². The highest BCUT2D eigenvalue weighted by molar-refractivity contribution is 7.89. The van der Waals surface area contributed by atoms with Crippen molar-refractivity contribution in [2.24, 2.45) is 0 Å². The van der Waals surface area contributed by atoms with Crippen LogP contribution in [0.5, 0.6) is 0 Å². The predicted octanol–water partition coefficient (Wildman–Crippen LogP) is 0.478. The topological polar surface area (TPSA) is 165 Å². The first-order valence-corrected chi connectivity index (χ1v) is 8.48. The average molecular weight is 376 g/mol. The van der Waals surface area contributed by atoms with Crippen LogP contribution in [0.2, 0.25) is 0 Å². The van der Waals surface area contributed by atoms with Gasteiger partial charge in [-0.3, -0.25) is 20.2 Å². The molecule has 1 aromatic carbocycles. The number of sulfonamides is 1. The SMILES string of the molecule is Cc1ccc(S(=O)(=O)NCCN[N+](=O)C(C)(C)[N+](=O)[O-])cc1[N+](=O)[O-]. The van der Waals surface area contributed by atoms with E-state index in [-0.39, 0.29) is 28.5 Å². The monoisotopic (exact) mass is 376 g/mol. The third-order valence-corrected chi connectivity index (χ3v) is 4.76. The van der Waals surface area contributed by atoms with Crippen LogP contribution >= 0.6 is 0 Å². The summed E-state index contributed by atoms with van der Waals surface area (Å²) in [7, 11) is -4.03. The maximum absolute atomic E-state index is 12.1. The lowest BCUT2D eigenvalue weighted by molar-refractivity contribution is -0.840. The minimum absolute atomic E-state index is 0.0119. The summed E-state index contributed by atoms with van der Waals surface area (Å²) < 4.78 is 26.4. The van der Waals surface area contributed by atoms with Crippen molar-refractivity contribution < 1.29 is 23.1 Å². The molecular formula is C12H18N5O7S+. The summed E-state index contributed by atoms with van der Waals surface area (Å²) >= 11 is 0. The number of rotatable bonds is 9. The van der Waals surface area contributed by atoms with Crippen LogP contribution < -0.4 is 10.1 Å². The molecule has 0 spiro atoms. The Balaban J connectivity index is 2.72. The Morgan fingerprint density at radius 2 is 1.72 bits per heavy atom. The number of benzene rings is 1. The number of nitrogens with one attached hydrogen (secondary N) is 2. The third kappa shape index (κ3) is 4.90. The smallest absolute Gasteiger partial charge is 0.258 e. The number of hydrazine groups is 1. The van der Waals surface area contributed by atoms with E-state index >= 15 is 0 Å². The van der Waals surface area contributed by atoms with E-state index in [2.05, 4.69) is 10.1 Å². The van der Waals surface area contributed by atoms with E-state index in [4.69, 9.17) is 0 Å². The summed E-state index contributed by atoms with van der Waals surface area (Å²) in [6.07, 6.45) is 0. The first kappa shape index (κ1) is 20.4. The van der Waals surface area contributed by atoms with Gasteiger partial charge in [0.15, 0.2) is 4.87 Å². The fourth-order valence-electron chi connectivity index (χ4n) is 1.65. The average Bonchev–Trinajstić information content (AvgIpc) is 2.50. The van der Waals surface area contributed by atoms with Crippen molar-refractivity contribution in [2.75, 3.05) is 13.1 Å². The fraction of sp³-hybridized carbons (Fsp3) is 0.500. The molecule has 0 amide bonds. The molecule has 2 N–H and O–H groups in total. The van der Waals surface area contributed by atoms with Gasteiger partial charge in [-0.05, 0) is 13.0 Å². The largest absolute Gasteiger partial charge is 0.472 e. The van der Waals surface area contributed by atoms with E-state index in [0.29, 0.717) is 5.56 Å². The highest BCUT2D eigenvalue weighted by Crippen LogP contribution is 2.21. The molecule has 12 nitrogen and oxygen atoms in total. The van der Waals surface area contributed by atoms with E-state index in [1.807, 2.05) is 0 Å². The fourth-order valence-corrected chi connectivity index (χ4v) is 2.70. The lowest BCUT2D eigenvalue weighted by Crippen LogP contribution is -2.50. The van der Waals surface area contributed by atoms with Crippen molar-refractivity contribution in [2.45, 2.75) is 31.3 Å². The lowest BCUT2D eigenvalue weighted by atomic mass is 10.2. The van der Waals surface area contributed by atoms with Crippen LogP contribution in [-0.4, -0.2) is 41.9 Å². The third-order valence-electron chi connectivity index (χ3n) is 3.30. The Bertz CT molecular complexity index is 806. The van der Waals surface area contributed by atoms with Gasteiger partial charge in [0.2, 0.25) is 10.0 Å². The second kappa shape index (κ2) is 7.48. The van der Waals surface area contributed by atoms with Crippen molar-refractivity contribution in [3.63, 3.8) is 0 Å². The highest BCUT2D eigenvalue weighted by Gasteiger charge is 2.48. The van der Waals surface area contributed by atoms with Gasteiger partial charge in [0, 0.05) is 18.2 Å². The minimum atomic E-state index is -4.03. The van der Waals surface area contributed by atoms with Gasteiger partial charge in [0.05, 0.1) is 40.0 Å². The summed E-state index contributed by atoms with van der Waals surface area (Å²) in [4.78, 5) is 31.4. The standard InChI is InChI=1S/C12H18N5O7S/c1-9-4-5-10(8-11(9)15(18)19)25(23,24)14-7-6-13-16(20)12(2,3)17(21)22/h4-5,8,14H,6-7H2,1-3H3,(H,13,20)/q+1. The van der Waals surface area contributed by atoms with Crippen molar-refractivity contribution in [3.05, 3.63) is 48.9 Å². The summed E-state index contributed by atoms with van der Waals surface area (Å²) in [6.45, 7) is 3.18. The quantitative estimate of drug-likeness (QED) is 0.206. The molecule has 1 aromatic rings. The summed E-state index contributed by atoms with van der Waals surface area (Å²) in [5.74, 6) is 0. The number of nitro benzene ring substituents is 1. The molecule has 0 aromatic heterocycles. The first-order chi connectivity index (χ1) is 11.4. The molecule has 0 radical (unpaired) electrons. The second-order valence-electron chi connectivity index (χ2n) is 5.56. The first-order valence-electron chi connectivity index (χ1n) is 6.99. The molecule has 0 saturated heterocycles. The maximum atomic E-state index is 12.1. The summed E-state index contributed by atoms with van der Waals surface area (Å²) in [6, 6.07) is 3.46. The van der Waals surface area contributed by atoms with E-state index in [1.165, 1.54) is 19.1 Å². The number of hydrogen-bond donors (Lipinski definition) is 2. The van der Waals surface area contributed by atoms with E-state index < -0.39 is 25.5 Å². The van der Waals surface area contributed by atoms with Gasteiger partial charge >= 0.3 is 5.66 Å². The van der Waals surface area contributed by atoms with Gasteiger partial charge in [-0.1, -0.05) is 6.07 Å². The molecule has 0 heterocycles. The van der Waals surface area contributed by atoms with Gasteiger partial charge in [-0.25, -0.2) is 13.1 Å². The minimum Gasteiger partial charge on any atom is -0.258 e. The Morgan fingerprint density at radius 1 is 1.12 bits per heavy atom. The van der Waals surface area contributed by atoms with E-state index in [1.54, 1.807) is 0 Å². The molecule has 138 valence electrons. The van der Waals surface area contributed by atoms with Gasteiger partial charge < -0.3 is 0 Å². The zero-order valence-electron chi connectivity index (χ0n) is 13.8. The van der Waals surface area contributed by atoms with Gasteiger partial charge in [-0.2, -0.15) is 0 Å². The molecular weight excluding hydrogens is 358 g/mol. The van der Waals surface area contributed by atoms with Crippen LogP contribution in [0.15, 0.2) is 23.1 Å². The molecule has 0 atom stereocenters. The zero-order chi connectivity index (χ0) is 19.4. The zero-order valence-corrected chi connectivity index (χ0v) is 14.6. The molecule has 25 heavy (non-hydrogen) atoms. The lowest BCUT2D eigenvalue weighted by Gasteiger charge is -2.09. The number of nitroso groups, excluding NO2 is 1. The molecule has 0 bridgehead atoms. The molecule has 0 aliphatic carbocycles. The Morgan fingerprint density at radius 3 is 2.24 bits per heavy atom. The van der Waals surface area contributed by atoms with Gasteiger partial charge in [0.1, 0.15) is 0 Å². The number of nitro groups is 2. The number of nitrogens with zero attached hydrogens (tertiary/aromatic N) is 3.